The van der Waals surface area contributed by atoms with E-state index in [1.54, 1.807) is 31.2 Å². The largest absolute Gasteiger partial charge is 0.461 e. The summed E-state index contributed by atoms with van der Waals surface area (Å²) in [4.78, 5) is 34.4. The number of rotatable bonds is 6. The Morgan fingerprint density at radius 3 is 2.83 bits per heavy atom. The molecule has 1 aliphatic rings. The molecule has 0 heterocycles. The maximum absolute atomic E-state index is 12.0. The number of esters is 1. The van der Waals surface area contributed by atoms with Crippen molar-refractivity contribution < 1.29 is 19.2 Å². The van der Waals surface area contributed by atoms with Gasteiger partial charge in [0.2, 0.25) is 6.54 Å². The van der Waals surface area contributed by atoms with Gasteiger partial charge in [-0.05, 0) is 12.0 Å². The van der Waals surface area contributed by atoms with Crippen molar-refractivity contribution in [3.8, 4) is 6.07 Å². The van der Waals surface area contributed by atoms with E-state index in [1.165, 1.54) is 0 Å². The Hall–Kier alpha value is -2.75. The van der Waals surface area contributed by atoms with Crippen LogP contribution in [0.1, 0.15) is 30.9 Å². The molecule has 1 fully saturated rings. The Bertz CT molecular complexity index is 694. The first-order valence-electron chi connectivity index (χ1n) is 7.70. The number of ether oxygens (including phenoxy) is 1. The Labute approximate surface area is 139 Å². The van der Waals surface area contributed by atoms with Crippen molar-refractivity contribution in [3.05, 3.63) is 45.5 Å². The van der Waals surface area contributed by atoms with Crippen LogP contribution >= 0.6 is 0 Å². The van der Waals surface area contributed by atoms with Gasteiger partial charge in [0.15, 0.2) is 0 Å². The van der Waals surface area contributed by atoms with Crippen LogP contribution in [-0.4, -0.2) is 23.2 Å². The zero-order chi connectivity index (χ0) is 17.7. The van der Waals surface area contributed by atoms with E-state index in [0.717, 1.165) is 0 Å². The lowest BCUT2D eigenvalue weighted by molar-refractivity contribution is -0.490. The van der Waals surface area contributed by atoms with Crippen LogP contribution in [0.25, 0.3) is 0 Å². The highest BCUT2D eigenvalue weighted by Gasteiger charge is 2.44. The minimum Gasteiger partial charge on any atom is -0.461 e. The lowest BCUT2D eigenvalue weighted by atomic mass is 9.88. The van der Waals surface area contributed by atoms with Crippen LogP contribution in [0.15, 0.2) is 24.3 Å². The lowest BCUT2D eigenvalue weighted by Crippen LogP contribution is -2.27. The van der Waals surface area contributed by atoms with Crippen LogP contribution in [0, 0.1) is 39.2 Å². The maximum Gasteiger partial charge on any atom is 0.306 e. The van der Waals surface area contributed by atoms with Gasteiger partial charge < -0.3 is 4.74 Å². The monoisotopic (exact) mass is 330 g/mol. The van der Waals surface area contributed by atoms with E-state index in [2.05, 4.69) is 0 Å². The number of nitro groups is 1. The Balaban J connectivity index is 1.97. The third-order valence-corrected chi connectivity index (χ3v) is 4.46. The van der Waals surface area contributed by atoms with Crippen molar-refractivity contribution in [2.75, 3.05) is 6.54 Å². The molecule has 1 aliphatic carbocycles. The fourth-order valence-corrected chi connectivity index (χ4v) is 3.15. The van der Waals surface area contributed by atoms with Gasteiger partial charge in [-0.25, -0.2) is 0 Å². The smallest absolute Gasteiger partial charge is 0.306 e. The van der Waals surface area contributed by atoms with Gasteiger partial charge in [0.05, 0.1) is 18.1 Å². The molecule has 0 N–H and O–H groups in total. The molecular formula is C17H18N2O5. The van der Waals surface area contributed by atoms with Crippen LogP contribution in [0.3, 0.4) is 0 Å². The molecule has 1 aromatic rings. The maximum atomic E-state index is 12.0. The summed E-state index contributed by atoms with van der Waals surface area (Å²) < 4.78 is 5.16. The first kappa shape index (κ1) is 17.6. The van der Waals surface area contributed by atoms with Gasteiger partial charge in [0.1, 0.15) is 12.4 Å². The zero-order valence-electron chi connectivity index (χ0n) is 13.3. The molecule has 0 amide bonds. The van der Waals surface area contributed by atoms with Gasteiger partial charge in [-0.3, -0.25) is 19.7 Å². The molecule has 126 valence electrons. The number of nitriles is 1. The fourth-order valence-electron chi connectivity index (χ4n) is 3.15. The van der Waals surface area contributed by atoms with Crippen molar-refractivity contribution >= 4 is 11.8 Å². The number of carbonyl (C=O) groups is 2. The molecule has 1 saturated carbocycles. The SMILES string of the molecule is C[C@@H]1CC(=O)[C@@H](CC(=O)OCc2ccccc2C#N)[C@@H]1C[N+](=O)[O-]. The summed E-state index contributed by atoms with van der Waals surface area (Å²) in [7, 11) is 0. The highest BCUT2D eigenvalue weighted by molar-refractivity contribution is 5.87. The molecule has 24 heavy (non-hydrogen) atoms. The quantitative estimate of drug-likeness (QED) is 0.449. The molecular weight excluding hydrogens is 312 g/mol. The second-order valence-electron chi connectivity index (χ2n) is 6.07. The fraction of sp³-hybridized carbons (Fsp3) is 0.471. The van der Waals surface area contributed by atoms with Crippen LogP contribution in [0.4, 0.5) is 0 Å². The minimum absolute atomic E-state index is 0.0566. The Kier molecular flexibility index (Phi) is 5.64. The molecule has 0 aliphatic heterocycles. The zero-order valence-corrected chi connectivity index (χ0v) is 13.3. The normalized spacial score (nSPS) is 22.8. The van der Waals surface area contributed by atoms with E-state index < -0.39 is 22.7 Å². The molecule has 1 aromatic carbocycles. The molecule has 7 nitrogen and oxygen atoms in total. The molecule has 0 radical (unpaired) electrons. The van der Waals surface area contributed by atoms with E-state index in [-0.39, 0.29) is 37.7 Å². The van der Waals surface area contributed by atoms with Crippen LogP contribution < -0.4 is 0 Å². The van der Waals surface area contributed by atoms with Crippen molar-refractivity contribution in [2.45, 2.75) is 26.4 Å². The van der Waals surface area contributed by atoms with E-state index >= 15 is 0 Å². The Morgan fingerprint density at radius 1 is 1.46 bits per heavy atom. The number of ketones is 1. The summed E-state index contributed by atoms with van der Waals surface area (Å²) in [5, 5.41) is 19.8. The highest BCUT2D eigenvalue weighted by atomic mass is 16.6. The molecule has 0 bridgehead atoms. The average Bonchev–Trinajstić information content (AvgIpc) is 2.79. The number of hydrogen-bond acceptors (Lipinski definition) is 6. The van der Waals surface area contributed by atoms with E-state index in [0.29, 0.717) is 11.1 Å². The van der Waals surface area contributed by atoms with Gasteiger partial charge in [-0.1, -0.05) is 25.1 Å². The second-order valence-corrected chi connectivity index (χ2v) is 6.07. The second kappa shape index (κ2) is 7.68. The molecule has 3 atom stereocenters. The first-order valence-corrected chi connectivity index (χ1v) is 7.70. The van der Waals surface area contributed by atoms with Crippen molar-refractivity contribution in [3.63, 3.8) is 0 Å². The average molecular weight is 330 g/mol. The van der Waals surface area contributed by atoms with Crippen molar-refractivity contribution in [1.82, 2.24) is 0 Å². The van der Waals surface area contributed by atoms with Gasteiger partial charge in [-0.2, -0.15) is 5.26 Å². The number of nitrogens with zero attached hydrogens (tertiary/aromatic N) is 2. The molecule has 7 heteroatoms. The van der Waals surface area contributed by atoms with Gasteiger partial charge in [0.25, 0.3) is 0 Å². The lowest BCUT2D eigenvalue weighted by Gasteiger charge is -2.17. The molecule has 0 saturated heterocycles. The summed E-state index contributed by atoms with van der Waals surface area (Å²) in [5.74, 6) is -1.91. The van der Waals surface area contributed by atoms with Crippen molar-refractivity contribution in [2.24, 2.45) is 17.8 Å². The summed E-state index contributed by atoms with van der Waals surface area (Å²) in [6.07, 6.45) is 0.101. The number of Topliss-reactive ketones (excluding diaryl/α,β-unsaturated/α-hetero) is 1. The molecule has 0 aromatic heterocycles. The highest BCUT2D eigenvalue weighted by Crippen LogP contribution is 2.36. The van der Waals surface area contributed by atoms with E-state index in [1.807, 2.05) is 6.07 Å². The summed E-state index contributed by atoms with van der Waals surface area (Å²) in [6, 6.07) is 8.77. The van der Waals surface area contributed by atoms with Crippen LogP contribution in [0.5, 0.6) is 0 Å². The summed E-state index contributed by atoms with van der Waals surface area (Å²) in [6.45, 7) is 1.42. The first-order chi connectivity index (χ1) is 11.4. The predicted molar refractivity (Wildman–Crippen MR) is 83.2 cm³/mol. The van der Waals surface area contributed by atoms with Crippen LogP contribution in [-0.2, 0) is 20.9 Å². The predicted octanol–water partition coefficient (Wildman–Crippen LogP) is 2.11. The van der Waals surface area contributed by atoms with Gasteiger partial charge in [-0.15, -0.1) is 0 Å². The van der Waals surface area contributed by atoms with Gasteiger partial charge >= 0.3 is 5.97 Å². The topological polar surface area (TPSA) is 110 Å². The standard InChI is InChI=1S/C17H18N2O5/c1-11-6-16(20)14(15(11)9-19(22)23)7-17(21)24-10-13-5-3-2-4-12(13)8-18/h2-5,11,14-15H,6-7,9-10H2,1H3/t11-,14+,15-/m1/s1. The molecule has 0 spiro atoms. The van der Waals surface area contributed by atoms with Crippen molar-refractivity contribution in [1.29, 1.82) is 5.26 Å². The molecule has 2 rings (SSSR count). The summed E-state index contributed by atoms with van der Waals surface area (Å²) >= 11 is 0. The number of carbonyl (C=O) groups excluding carboxylic acids is 2. The van der Waals surface area contributed by atoms with E-state index in [9.17, 15) is 19.7 Å². The van der Waals surface area contributed by atoms with E-state index in [4.69, 9.17) is 10.00 Å². The number of benzene rings is 1. The minimum atomic E-state index is -0.663. The molecule has 0 unspecified atom stereocenters. The third kappa shape index (κ3) is 4.16. The summed E-state index contributed by atoms with van der Waals surface area (Å²) in [5.41, 5.74) is 1.00. The van der Waals surface area contributed by atoms with Gasteiger partial charge in [0, 0.05) is 28.7 Å². The van der Waals surface area contributed by atoms with Crippen LogP contribution in [0.2, 0.25) is 0 Å². The third-order valence-electron chi connectivity index (χ3n) is 4.46. The Morgan fingerprint density at radius 2 is 2.17 bits per heavy atom. The number of hydrogen-bond donors (Lipinski definition) is 0.